The van der Waals surface area contributed by atoms with Crippen molar-refractivity contribution in [2.24, 2.45) is 0 Å². The van der Waals surface area contributed by atoms with E-state index < -0.39 is 63.7 Å². The Morgan fingerprint density at radius 3 is 2.02 bits per heavy atom. The molecule has 0 spiro atoms. The van der Waals surface area contributed by atoms with Crippen molar-refractivity contribution < 1.29 is 53.8 Å². The van der Waals surface area contributed by atoms with Gasteiger partial charge in [0.2, 0.25) is 21.1 Å². The van der Waals surface area contributed by atoms with E-state index >= 15 is 0 Å². The van der Waals surface area contributed by atoms with Gasteiger partial charge in [-0.1, -0.05) is 23.5 Å². The van der Waals surface area contributed by atoms with Crippen LogP contribution < -0.4 is 20.1 Å². The molecule has 0 saturated carbocycles. The molecule has 0 radical (unpaired) electrons. The Hall–Kier alpha value is -3.69. The topological polar surface area (TPSA) is 143 Å². The molecule has 4 rings (SSSR count). The molecule has 1 saturated heterocycles. The summed E-state index contributed by atoms with van der Waals surface area (Å²) in [7, 11) is -4.50. The summed E-state index contributed by atoms with van der Waals surface area (Å²) in [6, 6.07) is 5.67. The van der Waals surface area contributed by atoms with Crippen LogP contribution in [0.1, 0.15) is 5.56 Å². The number of ether oxygens (including phenoxy) is 2. The number of sulfonamides is 1. The summed E-state index contributed by atoms with van der Waals surface area (Å²) < 4.78 is 111. The zero-order valence-corrected chi connectivity index (χ0v) is 24.9. The molecule has 0 unspecified atom stereocenters. The molecule has 1 aromatic heterocycles. The van der Waals surface area contributed by atoms with Crippen LogP contribution in [-0.2, 0) is 21.4 Å². The lowest BCUT2D eigenvalue weighted by atomic mass is 10.1. The number of carbonyl (C=O) groups excluding carboxylic acids is 2. The van der Waals surface area contributed by atoms with E-state index in [1.165, 1.54) is 12.1 Å². The Balaban J connectivity index is 1.53. The van der Waals surface area contributed by atoms with Crippen molar-refractivity contribution >= 4 is 54.4 Å². The maximum absolute atomic E-state index is 13.5. The number of hydrogen-bond donors (Lipinski definition) is 2. The van der Waals surface area contributed by atoms with E-state index in [1.54, 1.807) is 0 Å². The van der Waals surface area contributed by atoms with Crippen molar-refractivity contribution in [2.45, 2.75) is 30.2 Å². The number of rotatable bonds is 8. The molecule has 1 fully saturated rings. The molecule has 2 heterocycles. The summed E-state index contributed by atoms with van der Waals surface area (Å²) in [5.74, 6) is -2.02. The van der Waals surface area contributed by atoms with Gasteiger partial charge in [-0.3, -0.25) is 10.1 Å². The minimum atomic E-state index is -5.00. The smallest absolute Gasteiger partial charge is 0.406 e. The molecule has 2 N–H and O–H groups in total. The molecule has 2 aromatic carbocycles. The first kappa shape index (κ1) is 33.2. The molecule has 44 heavy (non-hydrogen) atoms. The highest BCUT2D eigenvalue weighted by molar-refractivity contribution is 9.11. The van der Waals surface area contributed by atoms with Gasteiger partial charge in [-0.25, -0.2) is 13.2 Å². The van der Waals surface area contributed by atoms with Crippen LogP contribution in [-0.4, -0.2) is 78.2 Å². The lowest BCUT2D eigenvalue weighted by Gasteiger charge is -2.39. The molecule has 3 amide bonds. The first-order valence-corrected chi connectivity index (χ1v) is 15.1. The number of alkyl halides is 6. The van der Waals surface area contributed by atoms with E-state index in [0.717, 1.165) is 56.9 Å². The molecule has 0 aliphatic carbocycles. The molecule has 21 heteroatoms. The van der Waals surface area contributed by atoms with Gasteiger partial charge in [0.15, 0.2) is 3.92 Å². The van der Waals surface area contributed by atoms with Gasteiger partial charge in [0.05, 0.1) is 4.90 Å². The molecule has 1 atom stereocenters. The Kier molecular flexibility index (Phi) is 9.90. The third-order valence-corrected chi connectivity index (χ3v) is 9.02. The van der Waals surface area contributed by atoms with Crippen LogP contribution in [0.25, 0.3) is 0 Å². The number of amides is 3. The number of carbonyl (C=O) groups is 2. The third-order valence-electron chi connectivity index (χ3n) is 5.82. The molecule has 1 aliphatic rings. The highest BCUT2D eigenvalue weighted by Crippen LogP contribution is 2.28. The van der Waals surface area contributed by atoms with Crippen molar-refractivity contribution in [3.8, 4) is 11.5 Å². The highest BCUT2D eigenvalue weighted by atomic mass is 79.9. The minimum Gasteiger partial charge on any atom is -0.406 e. The molecule has 3 aromatic rings. The maximum atomic E-state index is 13.5. The highest BCUT2D eigenvalue weighted by Gasteiger charge is 2.42. The summed E-state index contributed by atoms with van der Waals surface area (Å²) in [4.78, 5) is 26.9. The Morgan fingerprint density at radius 1 is 0.932 bits per heavy atom. The third kappa shape index (κ3) is 8.92. The second-order valence-corrected chi connectivity index (χ2v) is 12.9. The van der Waals surface area contributed by atoms with E-state index in [2.05, 4.69) is 46.2 Å². The van der Waals surface area contributed by atoms with Gasteiger partial charge in [-0.15, -0.1) is 36.5 Å². The standard InChI is InChI=1S/C23H19BrF6N6O6S2/c24-19-33-34-20(43-19)32-21(38)35-9-10-36(44(39,40)16-7-5-15(6-8-16)42-23(28,29)30)17(12-35)18(37)31-11-13-1-3-14(4-2-13)41-22(25,26)27/h1-8,17H,9-12H2,(H,31,37)(H,32,34,38)/t17-/m1/s1. The predicted octanol–water partition coefficient (Wildman–Crippen LogP) is 4.32. The normalized spacial score (nSPS) is 16.3. The molecule has 238 valence electrons. The van der Waals surface area contributed by atoms with Crippen molar-refractivity contribution in [3.05, 3.63) is 58.0 Å². The quantitative estimate of drug-likeness (QED) is 0.326. The number of benzene rings is 2. The van der Waals surface area contributed by atoms with E-state index in [-0.39, 0.29) is 24.8 Å². The van der Waals surface area contributed by atoms with E-state index in [4.69, 9.17) is 0 Å². The molecule has 1 aliphatic heterocycles. The van der Waals surface area contributed by atoms with Crippen molar-refractivity contribution in [2.75, 3.05) is 25.0 Å². The monoisotopic (exact) mass is 732 g/mol. The fourth-order valence-electron chi connectivity index (χ4n) is 3.94. The van der Waals surface area contributed by atoms with Crippen LogP contribution in [0, 0.1) is 0 Å². The van der Waals surface area contributed by atoms with Crippen molar-refractivity contribution in [1.82, 2.24) is 24.7 Å². The van der Waals surface area contributed by atoms with E-state index in [0.29, 0.717) is 9.48 Å². The van der Waals surface area contributed by atoms with Gasteiger partial charge in [-0.05, 0) is 57.9 Å². The number of piperazine rings is 1. The summed E-state index contributed by atoms with van der Waals surface area (Å²) in [6.45, 7) is -1.23. The van der Waals surface area contributed by atoms with Crippen LogP contribution >= 0.6 is 27.3 Å². The molecular formula is C23H19BrF6N6O6S2. The maximum Gasteiger partial charge on any atom is 0.573 e. The first-order chi connectivity index (χ1) is 20.5. The van der Waals surface area contributed by atoms with Crippen molar-refractivity contribution in [1.29, 1.82) is 0 Å². The van der Waals surface area contributed by atoms with Crippen LogP contribution in [0.4, 0.5) is 36.3 Å². The van der Waals surface area contributed by atoms with Crippen molar-refractivity contribution in [3.63, 3.8) is 0 Å². The van der Waals surface area contributed by atoms with Crippen LogP contribution in [0.5, 0.6) is 11.5 Å². The zero-order chi connectivity index (χ0) is 32.3. The number of nitrogens with zero attached hydrogens (tertiary/aromatic N) is 4. The minimum absolute atomic E-state index is 0.122. The number of urea groups is 1. The summed E-state index contributed by atoms with van der Waals surface area (Å²) >= 11 is 4.11. The van der Waals surface area contributed by atoms with E-state index in [9.17, 15) is 44.3 Å². The molecule has 0 bridgehead atoms. The zero-order valence-electron chi connectivity index (χ0n) is 21.7. The SMILES string of the molecule is O=C(NCc1ccc(OC(F)(F)F)cc1)[C@H]1CN(C(=O)Nc2nnc(Br)s2)CCN1S(=O)(=O)c1ccc(OC(F)(F)F)cc1. The van der Waals surface area contributed by atoms with Gasteiger partial charge >= 0.3 is 18.8 Å². The number of anilines is 1. The van der Waals surface area contributed by atoms with Gasteiger partial charge in [-0.2, -0.15) is 4.31 Å². The Bertz CT molecular complexity index is 1590. The number of halogens is 7. The lowest BCUT2D eigenvalue weighted by molar-refractivity contribution is -0.275. The van der Waals surface area contributed by atoms with Gasteiger partial charge in [0, 0.05) is 26.2 Å². The number of aromatic nitrogens is 2. The van der Waals surface area contributed by atoms with Gasteiger partial charge < -0.3 is 19.7 Å². The Labute approximate surface area is 257 Å². The second kappa shape index (κ2) is 13.1. The lowest BCUT2D eigenvalue weighted by Crippen LogP contribution is -2.61. The number of hydrogen-bond acceptors (Lipinski definition) is 9. The average molecular weight is 733 g/mol. The average Bonchev–Trinajstić information content (AvgIpc) is 3.34. The second-order valence-electron chi connectivity index (χ2n) is 8.80. The summed E-state index contributed by atoms with van der Waals surface area (Å²) in [6.07, 6.45) is -9.90. The first-order valence-electron chi connectivity index (χ1n) is 12.1. The van der Waals surface area contributed by atoms with E-state index in [1.807, 2.05) is 0 Å². The van der Waals surface area contributed by atoms with Gasteiger partial charge in [0.25, 0.3) is 0 Å². The number of nitrogens with one attached hydrogen (secondary N) is 2. The fourth-order valence-corrected chi connectivity index (χ4v) is 6.51. The van der Waals surface area contributed by atoms with Crippen LogP contribution in [0.3, 0.4) is 0 Å². The predicted molar refractivity (Wildman–Crippen MR) is 144 cm³/mol. The Morgan fingerprint density at radius 2 is 1.50 bits per heavy atom. The van der Waals surface area contributed by atoms with Crippen LogP contribution in [0.2, 0.25) is 0 Å². The van der Waals surface area contributed by atoms with Crippen LogP contribution in [0.15, 0.2) is 57.3 Å². The molecule has 12 nitrogen and oxygen atoms in total. The molecular weight excluding hydrogens is 714 g/mol. The largest absolute Gasteiger partial charge is 0.573 e. The summed E-state index contributed by atoms with van der Waals surface area (Å²) in [5.41, 5.74) is 0.342. The summed E-state index contributed by atoms with van der Waals surface area (Å²) in [5, 5.41) is 12.6. The van der Waals surface area contributed by atoms with Gasteiger partial charge in [0.1, 0.15) is 17.5 Å². The fraction of sp³-hybridized carbons (Fsp3) is 0.304.